The van der Waals surface area contributed by atoms with Gasteiger partial charge >= 0.3 is 23.9 Å². The summed E-state index contributed by atoms with van der Waals surface area (Å²) in [4.78, 5) is 49.7. The highest BCUT2D eigenvalue weighted by Gasteiger charge is 2.70. The van der Waals surface area contributed by atoms with Crippen LogP contribution in [0.15, 0.2) is 23.8 Å². The van der Waals surface area contributed by atoms with Crippen LogP contribution < -0.4 is 0 Å². The monoisotopic (exact) mass is 940 g/mol. The zero-order chi connectivity index (χ0) is 48.6. The fraction of sp³-hybridized carbons (Fsp3) is 0.826. The lowest BCUT2D eigenvalue weighted by Crippen LogP contribution is -2.66. The molecule has 372 valence electrons. The van der Waals surface area contributed by atoms with Gasteiger partial charge in [-0.05, 0) is 97.7 Å². The first-order chi connectivity index (χ1) is 30.8. The van der Waals surface area contributed by atoms with Gasteiger partial charge in [0, 0.05) is 5.92 Å². The van der Waals surface area contributed by atoms with Crippen molar-refractivity contribution >= 4 is 23.9 Å². The van der Waals surface area contributed by atoms with Crippen LogP contribution in [0.3, 0.4) is 0 Å². The molecule has 20 atom stereocenters. The Morgan fingerprint density at radius 1 is 0.833 bits per heavy atom. The number of hydrogen-bond donors (Lipinski definition) is 10. The maximum atomic E-state index is 14.5. The zero-order valence-corrected chi connectivity index (χ0v) is 38.1. The van der Waals surface area contributed by atoms with E-state index in [0.29, 0.717) is 51.4 Å². The molecule has 7 rings (SSSR count). The number of carbonyl (C=O) groups is 4. The predicted octanol–water partition coefficient (Wildman–Crippen LogP) is 0.836. The van der Waals surface area contributed by atoms with E-state index in [2.05, 4.69) is 47.3 Å². The molecule has 5 aliphatic carbocycles. The van der Waals surface area contributed by atoms with Crippen molar-refractivity contribution in [2.45, 2.75) is 179 Å². The first kappa shape index (κ1) is 50.7. The van der Waals surface area contributed by atoms with Crippen LogP contribution in [0, 0.1) is 44.8 Å². The van der Waals surface area contributed by atoms with Crippen molar-refractivity contribution < 1.29 is 98.7 Å². The van der Waals surface area contributed by atoms with Crippen molar-refractivity contribution in [3.63, 3.8) is 0 Å². The van der Waals surface area contributed by atoms with Gasteiger partial charge in [0.1, 0.15) is 49.3 Å². The lowest BCUT2D eigenvalue weighted by molar-refractivity contribution is -0.345. The molecular weight excluding hydrogens is 872 g/mol. The minimum Gasteiger partial charge on any atom is -0.480 e. The summed E-state index contributed by atoms with van der Waals surface area (Å²) in [6.45, 7) is 13.6. The Labute approximate surface area is 382 Å². The molecule has 0 spiro atoms. The number of aliphatic carboxylic acids is 3. The fourth-order valence-electron chi connectivity index (χ4n) is 13.9. The predicted molar refractivity (Wildman–Crippen MR) is 223 cm³/mol. The maximum Gasteiger partial charge on any atom is 0.337 e. The summed E-state index contributed by atoms with van der Waals surface area (Å²) in [5.41, 5.74) is -0.234. The largest absolute Gasteiger partial charge is 0.480 e. The molecule has 0 radical (unpaired) electrons. The molecule has 10 N–H and O–H groups in total. The molecule has 7 aliphatic rings. The molecule has 1 unspecified atom stereocenters. The summed E-state index contributed by atoms with van der Waals surface area (Å²) in [6.07, 6.45) is -14.5. The minimum atomic E-state index is -2.48. The second kappa shape index (κ2) is 18.3. The quantitative estimate of drug-likeness (QED) is 0.0529. The third kappa shape index (κ3) is 8.23. The van der Waals surface area contributed by atoms with Gasteiger partial charge in [0.05, 0.1) is 18.1 Å². The summed E-state index contributed by atoms with van der Waals surface area (Å²) < 4.78 is 34.0. The number of aliphatic hydroxyl groups excluding tert-OH is 7. The summed E-state index contributed by atoms with van der Waals surface area (Å²) >= 11 is 0. The van der Waals surface area contributed by atoms with Gasteiger partial charge in [-0.25, -0.2) is 14.4 Å². The number of carboxylic acids is 3. The second-order valence-corrected chi connectivity index (χ2v) is 21.2. The van der Waals surface area contributed by atoms with E-state index in [-0.39, 0.29) is 34.0 Å². The van der Waals surface area contributed by atoms with E-state index in [1.165, 1.54) is 5.57 Å². The van der Waals surface area contributed by atoms with Gasteiger partial charge in [-0.3, -0.25) is 4.79 Å². The molecule has 0 aromatic heterocycles. The van der Waals surface area contributed by atoms with E-state index >= 15 is 0 Å². The molecule has 6 fully saturated rings. The Morgan fingerprint density at radius 2 is 1.53 bits per heavy atom. The molecule has 2 saturated heterocycles. The lowest BCUT2D eigenvalue weighted by Gasteiger charge is -2.71. The van der Waals surface area contributed by atoms with Gasteiger partial charge in [0.2, 0.25) is 12.4 Å². The molecule has 20 heteroatoms. The van der Waals surface area contributed by atoms with Crippen LogP contribution >= 0.6 is 0 Å². The average molecular weight is 941 g/mol. The van der Waals surface area contributed by atoms with Crippen LogP contribution in [0.4, 0.5) is 0 Å². The third-order valence-electron chi connectivity index (χ3n) is 17.7. The number of carbonyl (C=O) groups excluding carboxylic acids is 1. The lowest BCUT2D eigenvalue weighted by atomic mass is 9.34. The highest BCUT2D eigenvalue weighted by atomic mass is 16.7. The van der Waals surface area contributed by atoms with E-state index in [4.69, 9.17) is 33.5 Å². The van der Waals surface area contributed by atoms with Crippen molar-refractivity contribution in [1.29, 1.82) is 0 Å². The minimum absolute atomic E-state index is 0.0409. The standard InChI is InChI=1S/C46H68O20/c1-20-9-14-46(41(60)66-39-30(52)29(51)28(50)23(18-47)62-39)16-15-44(5)21(22(46)17-20)7-8-25-43(4)12-11-26(42(2,3)24(43)10-13-45(25,44)6)63-40-32(54)34(31(53)35(65-40)37(58)59)64-38(33(55)36(56)57)61-19-27(48)49/h7,22-26,28-35,38-40,47,50-55H,1,8-19H2,2-6H3,(H,48,49)(H,56,57)(H,58,59)/t22-,23+,24?,25+,26-,28+,29-,30+,31-,32+,33-,34-,35-,38-,39-,40+,43-,44+,45+,46-/m0/s1. The molecular formula is C46H68O20. The van der Waals surface area contributed by atoms with Gasteiger partial charge in [-0.1, -0.05) is 58.4 Å². The highest BCUT2D eigenvalue weighted by molar-refractivity contribution is 5.79. The second-order valence-electron chi connectivity index (χ2n) is 21.2. The summed E-state index contributed by atoms with van der Waals surface area (Å²) in [7, 11) is 0. The van der Waals surface area contributed by atoms with Crippen LogP contribution in [0.1, 0.15) is 98.8 Å². The molecule has 20 nitrogen and oxygen atoms in total. The highest BCUT2D eigenvalue weighted by Crippen LogP contribution is 2.75. The molecule has 4 saturated carbocycles. The first-order valence-corrected chi connectivity index (χ1v) is 23.0. The van der Waals surface area contributed by atoms with E-state index in [1.807, 2.05) is 0 Å². The summed E-state index contributed by atoms with van der Waals surface area (Å²) in [5.74, 6) is -5.67. The Hall–Kier alpha value is -3.12. The van der Waals surface area contributed by atoms with Gasteiger partial charge < -0.3 is 79.5 Å². The maximum absolute atomic E-state index is 14.5. The van der Waals surface area contributed by atoms with Crippen LogP contribution in [-0.2, 0) is 47.6 Å². The van der Waals surface area contributed by atoms with E-state index in [1.54, 1.807) is 0 Å². The van der Waals surface area contributed by atoms with Crippen molar-refractivity contribution in [2.24, 2.45) is 44.8 Å². The first-order valence-electron chi connectivity index (χ1n) is 23.0. The Kier molecular flexibility index (Phi) is 14.1. The van der Waals surface area contributed by atoms with Crippen molar-refractivity contribution in [2.75, 3.05) is 13.2 Å². The number of fused-ring (bicyclic) bond motifs is 7. The number of ether oxygens (including phenoxy) is 6. The van der Waals surface area contributed by atoms with E-state index < -0.39 is 128 Å². The average Bonchev–Trinajstić information content (AvgIpc) is 3.25. The number of esters is 1. The van der Waals surface area contributed by atoms with Crippen LogP contribution in [-0.4, -0.2) is 168 Å². The third-order valence-corrected chi connectivity index (χ3v) is 17.7. The SMILES string of the molecule is C=C1CC[C@]2(C(=O)O[C@@H]3O[C@H](CO)[C@@H](O)[C@H](O)[C@H]3O)CC[C@]3(C)C(=CC[C@@H]4[C@@]5(C)CC[C@H](O[C@@H]6O[C@H](C(=O)O)[C@@H](O)[C@H](O[C@H](OCC(=O)O)[C@@H](O)C(=O)O)[C@H]6O)C(C)(C)C5CC[C@]43C)[C@@H]2C1. The summed E-state index contributed by atoms with van der Waals surface area (Å²) in [5, 5.41) is 103. The van der Waals surface area contributed by atoms with Gasteiger partial charge in [-0.2, -0.15) is 0 Å². The van der Waals surface area contributed by atoms with Crippen molar-refractivity contribution in [1.82, 2.24) is 0 Å². The van der Waals surface area contributed by atoms with E-state index in [0.717, 1.165) is 18.4 Å². The number of hydrogen-bond acceptors (Lipinski definition) is 17. The van der Waals surface area contributed by atoms with Crippen LogP contribution in [0.5, 0.6) is 0 Å². The van der Waals surface area contributed by atoms with Gasteiger partial charge in [0.15, 0.2) is 18.7 Å². The Balaban J connectivity index is 1.12. The van der Waals surface area contributed by atoms with Crippen LogP contribution in [0.25, 0.3) is 0 Å². The molecule has 0 aromatic rings. The van der Waals surface area contributed by atoms with Crippen LogP contribution in [0.2, 0.25) is 0 Å². The molecule has 0 amide bonds. The van der Waals surface area contributed by atoms with E-state index in [9.17, 15) is 65.1 Å². The summed E-state index contributed by atoms with van der Waals surface area (Å²) in [6, 6.07) is 0. The number of allylic oxidation sites excluding steroid dienone is 3. The van der Waals surface area contributed by atoms with Gasteiger partial charge in [0.25, 0.3) is 0 Å². The van der Waals surface area contributed by atoms with Crippen molar-refractivity contribution in [3.8, 4) is 0 Å². The Morgan fingerprint density at radius 3 is 2.17 bits per heavy atom. The van der Waals surface area contributed by atoms with Crippen molar-refractivity contribution in [3.05, 3.63) is 23.8 Å². The number of rotatable bonds is 13. The fourth-order valence-corrected chi connectivity index (χ4v) is 13.9. The number of aliphatic hydroxyl groups is 7. The van der Waals surface area contributed by atoms with Gasteiger partial charge in [-0.15, -0.1) is 0 Å². The number of carboxylic acid groups (broad SMARTS) is 3. The topological polar surface area (TPSA) is 326 Å². The zero-order valence-electron chi connectivity index (χ0n) is 38.1. The normalized spacial score (nSPS) is 46.2. The molecule has 66 heavy (non-hydrogen) atoms. The molecule has 2 heterocycles. The smallest absolute Gasteiger partial charge is 0.337 e. The molecule has 0 aromatic carbocycles. The Bertz CT molecular complexity index is 1920. The molecule has 2 aliphatic heterocycles. The molecule has 0 bridgehead atoms.